The number of hydrogen-bond acceptors (Lipinski definition) is 6. The molecule has 0 saturated heterocycles. The van der Waals surface area contributed by atoms with Crippen LogP contribution in [0.25, 0.3) is 0 Å². The molecule has 0 radical (unpaired) electrons. The van der Waals surface area contributed by atoms with Gasteiger partial charge in [0.15, 0.2) is 5.84 Å². The first-order valence-corrected chi connectivity index (χ1v) is 9.18. The summed E-state index contributed by atoms with van der Waals surface area (Å²) < 4.78 is 10.7. The molecule has 0 saturated carbocycles. The molecule has 0 fully saturated rings. The van der Waals surface area contributed by atoms with Crippen LogP contribution in [-0.4, -0.2) is 18.9 Å². The zero-order valence-corrected chi connectivity index (χ0v) is 15.9. The lowest BCUT2D eigenvalue weighted by Gasteiger charge is -2.14. The first kappa shape index (κ1) is 18.7. The number of benzene rings is 3. The lowest BCUT2D eigenvalue weighted by Crippen LogP contribution is -2.17. The molecule has 1 atom stereocenters. The van der Waals surface area contributed by atoms with E-state index in [4.69, 9.17) is 14.3 Å². The topological polar surface area (TPSA) is 69.2 Å². The van der Waals surface area contributed by atoms with Crippen molar-refractivity contribution >= 4 is 11.8 Å². The fraction of sp³-hybridized carbons (Fsp3) is 0.130. The number of carbonyl (C=O) groups excluding carboxylic acids is 1. The summed E-state index contributed by atoms with van der Waals surface area (Å²) in [6.45, 7) is 0.355. The Labute approximate surface area is 168 Å². The molecule has 0 amide bonds. The molecule has 0 spiro atoms. The predicted octanol–water partition coefficient (Wildman–Crippen LogP) is 4.03. The minimum Gasteiger partial charge on any atom is -0.488 e. The highest BCUT2D eigenvalue weighted by atomic mass is 16.7. The fourth-order valence-corrected chi connectivity index (χ4v) is 2.98. The number of rotatable bonds is 6. The van der Waals surface area contributed by atoms with Crippen LogP contribution in [0.4, 0.5) is 0 Å². The molecule has 0 aromatic heterocycles. The predicted molar refractivity (Wildman–Crippen MR) is 108 cm³/mol. The van der Waals surface area contributed by atoms with Crippen LogP contribution >= 0.6 is 0 Å². The van der Waals surface area contributed by atoms with Gasteiger partial charge >= 0.3 is 5.97 Å². The Balaban J connectivity index is 1.48. The third-order valence-corrected chi connectivity index (χ3v) is 4.52. The van der Waals surface area contributed by atoms with Gasteiger partial charge in [-0.25, -0.2) is 20.1 Å². The van der Waals surface area contributed by atoms with Gasteiger partial charge in [0.25, 0.3) is 0 Å². The summed E-state index contributed by atoms with van der Waals surface area (Å²) in [6, 6.07) is 24.6. The smallest absolute Gasteiger partial charge is 0.337 e. The maximum absolute atomic E-state index is 11.5. The monoisotopic (exact) mass is 388 g/mol. The lowest BCUT2D eigenvalue weighted by molar-refractivity contribution is 0.0357. The Morgan fingerprint density at radius 1 is 1.00 bits per heavy atom. The fourth-order valence-electron chi connectivity index (χ4n) is 2.98. The van der Waals surface area contributed by atoms with Crippen LogP contribution in [-0.2, 0) is 16.2 Å². The number of nitrogens with one attached hydrogen (secondary N) is 1. The Morgan fingerprint density at radius 3 is 2.48 bits per heavy atom. The van der Waals surface area contributed by atoms with Gasteiger partial charge in [-0.15, -0.1) is 0 Å². The summed E-state index contributed by atoms with van der Waals surface area (Å²) in [6.07, 6.45) is -0.497. The Bertz CT molecular complexity index is 1020. The normalized spacial score (nSPS) is 15.3. The van der Waals surface area contributed by atoms with E-state index in [1.807, 2.05) is 66.7 Å². The highest BCUT2D eigenvalue weighted by Gasteiger charge is 2.23. The number of ether oxygens (including phenoxy) is 2. The van der Waals surface area contributed by atoms with Crippen molar-refractivity contribution in [1.29, 1.82) is 0 Å². The molecule has 1 aliphatic heterocycles. The van der Waals surface area contributed by atoms with Gasteiger partial charge in [-0.2, -0.15) is 0 Å². The van der Waals surface area contributed by atoms with Gasteiger partial charge in [0.1, 0.15) is 12.4 Å². The average molecular weight is 388 g/mol. The number of nitrogens with zero attached hydrogens (tertiary/aromatic N) is 1. The first-order valence-electron chi connectivity index (χ1n) is 9.18. The molecule has 0 unspecified atom stereocenters. The SMILES string of the molecule is COC(=O)c1ccc(COc2ccccc2[C@@H]2N=C(c3ccccc3)NO2)cc1. The third-order valence-electron chi connectivity index (χ3n) is 4.52. The lowest BCUT2D eigenvalue weighted by atomic mass is 10.1. The molecule has 1 aliphatic rings. The van der Waals surface area contributed by atoms with Gasteiger partial charge < -0.3 is 9.47 Å². The van der Waals surface area contributed by atoms with Gasteiger partial charge in [0, 0.05) is 11.1 Å². The third kappa shape index (κ3) is 4.28. The largest absolute Gasteiger partial charge is 0.488 e. The summed E-state index contributed by atoms with van der Waals surface area (Å²) in [5.41, 5.74) is 6.12. The number of hydrogen-bond donors (Lipinski definition) is 1. The molecule has 146 valence electrons. The second-order valence-electron chi connectivity index (χ2n) is 6.43. The Morgan fingerprint density at radius 2 is 1.72 bits per heavy atom. The van der Waals surface area contributed by atoms with Crippen LogP contribution in [0.1, 0.15) is 33.3 Å². The number of aliphatic imine (C=N–C) groups is 1. The van der Waals surface area contributed by atoms with E-state index in [-0.39, 0.29) is 5.97 Å². The van der Waals surface area contributed by atoms with Crippen LogP contribution in [0.3, 0.4) is 0 Å². The van der Waals surface area contributed by atoms with E-state index in [0.29, 0.717) is 23.8 Å². The average Bonchev–Trinajstić information content (AvgIpc) is 3.28. The van der Waals surface area contributed by atoms with Crippen LogP contribution in [0, 0.1) is 0 Å². The zero-order chi connectivity index (χ0) is 20.1. The molecular formula is C23H20N2O4. The van der Waals surface area contributed by atoms with Crippen molar-refractivity contribution in [3.8, 4) is 5.75 Å². The molecule has 6 heteroatoms. The van der Waals surface area contributed by atoms with E-state index >= 15 is 0 Å². The number of para-hydroxylation sites is 1. The van der Waals surface area contributed by atoms with Crippen LogP contribution in [0.15, 0.2) is 83.9 Å². The number of methoxy groups -OCH3 is 1. The quantitative estimate of drug-likeness (QED) is 0.646. The molecule has 1 heterocycles. The van der Waals surface area contributed by atoms with E-state index < -0.39 is 6.23 Å². The Kier molecular flexibility index (Phi) is 5.54. The second-order valence-corrected chi connectivity index (χ2v) is 6.43. The minimum absolute atomic E-state index is 0.355. The van der Waals surface area contributed by atoms with Crippen molar-refractivity contribution in [3.63, 3.8) is 0 Å². The van der Waals surface area contributed by atoms with E-state index in [0.717, 1.165) is 16.7 Å². The van der Waals surface area contributed by atoms with Crippen molar-refractivity contribution < 1.29 is 19.1 Å². The molecule has 0 bridgehead atoms. The van der Waals surface area contributed by atoms with Gasteiger partial charge in [-0.1, -0.05) is 60.7 Å². The highest BCUT2D eigenvalue weighted by Crippen LogP contribution is 2.31. The summed E-state index contributed by atoms with van der Waals surface area (Å²) in [7, 11) is 1.36. The standard InChI is InChI=1S/C23H20N2O4/c1-27-23(26)18-13-11-16(12-14-18)15-28-20-10-6-5-9-19(20)22-24-21(25-29-22)17-7-3-2-4-8-17/h2-14,22H,15H2,1H3,(H,24,25)/t22-/m1/s1. The molecular weight excluding hydrogens is 368 g/mol. The van der Waals surface area contributed by atoms with E-state index in [9.17, 15) is 4.79 Å². The number of carbonyl (C=O) groups is 1. The first-order chi connectivity index (χ1) is 14.2. The van der Waals surface area contributed by atoms with Crippen molar-refractivity contribution in [2.75, 3.05) is 7.11 Å². The van der Waals surface area contributed by atoms with Gasteiger partial charge in [-0.3, -0.25) is 0 Å². The van der Waals surface area contributed by atoms with Crippen LogP contribution < -0.4 is 10.2 Å². The van der Waals surface area contributed by atoms with Crippen LogP contribution in [0.5, 0.6) is 5.75 Å². The van der Waals surface area contributed by atoms with Crippen molar-refractivity contribution in [2.45, 2.75) is 12.8 Å². The summed E-state index contributed by atoms with van der Waals surface area (Å²) in [4.78, 5) is 21.8. The molecule has 3 aromatic rings. The minimum atomic E-state index is -0.497. The molecule has 1 N–H and O–H groups in total. The van der Waals surface area contributed by atoms with Crippen molar-refractivity contribution in [3.05, 3.63) is 101 Å². The van der Waals surface area contributed by atoms with Gasteiger partial charge in [0.05, 0.1) is 12.7 Å². The summed E-state index contributed by atoms with van der Waals surface area (Å²) >= 11 is 0. The molecule has 29 heavy (non-hydrogen) atoms. The van der Waals surface area contributed by atoms with Crippen molar-refractivity contribution in [2.24, 2.45) is 4.99 Å². The Hall–Kier alpha value is -3.64. The molecule has 0 aliphatic carbocycles. The maximum Gasteiger partial charge on any atom is 0.337 e. The van der Waals surface area contributed by atoms with E-state index in [1.54, 1.807) is 12.1 Å². The number of hydroxylamine groups is 1. The molecule has 3 aromatic carbocycles. The summed E-state index contributed by atoms with van der Waals surface area (Å²) in [5, 5.41) is 0. The zero-order valence-electron chi connectivity index (χ0n) is 15.9. The maximum atomic E-state index is 11.5. The van der Waals surface area contributed by atoms with Crippen molar-refractivity contribution in [1.82, 2.24) is 5.48 Å². The van der Waals surface area contributed by atoms with E-state index in [1.165, 1.54) is 7.11 Å². The summed E-state index contributed by atoms with van der Waals surface area (Å²) in [5.74, 6) is 1.01. The van der Waals surface area contributed by atoms with E-state index in [2.05, 4.69) is 10.5 Å². The molecule has 4 rings (SSSR count). The number of amidine groups is 1. The molecule has 6 nitrogen and oxygen atoms in total. The second kappa shape index (κ2) is 8.58. The number of esters is 1. The van der Waals surface area contributed by atoms with Crippen LogP contribution in [0.2, 0.25) is 0 Å². The van der Waals surface area contributed by atoms with Gasteiger partial charge in [-0.05, 0) is 23.8 Å². The van der Waals surface area contributed by atoms with Gasteiger partial charge in [0.2, 0.25) is 6.23 Å². The highest BCUT2D eigenvalue weighted by molar-refractivity contribution is 5.98.